The lowest BCUT2D eigenvalue weighted by Crippen LogP contribution is -2.40. The highest BCUT2D eigenvalue weighted by Crippen LogP contribution is 2.26. The Kier molecular flexibility index (Phi) is 4.40. The van der Waals surface area contributed by atoms with Gasteiger partial charge in [0.25, 0.3) is 0 Å². The number of nitrogens with one attached hydrogen (secondary N) is 1. The highest BCUT2D eigenvalue weighted by atomic mass is 16.4. The van der Waals surface area contributed by atoms with Crippen LogP contribution in [0.25, 0.3) is 0 Å². The molecule has 0 aromatic heterocycles. The van der Waals surface area contributed by atoms with Crippen molar-refractivity contribution in [3.05, 3.63) is 0 Å². The topological polar surface area (TPSA) is 52.6 Å². The van der Waals surface area contributed by atoms with E-state index < -0.39 is 5.97 Å². The summed E-state index contributed by atoms with van der Waals surface area (Å²) in [7, 11) is 0. The van der Waals surface area contributed by atoms with Crippen LogP contribution >= 0.6 is 0 Å². The van der Waals surface area contributed by atoms with Gasteiger partial charge >= 0.3 is 5.97 Å². The molecule has 0 aromatic rings. The number of carboxylic acids is 1. The molecule has 0 aromatic carbocycles. The number of carbonyl (C=O) groups is 1. The third kappa shape index (κ3) is 3.19. The van der Waals surface area contributed by atoms with Gasteiger partial charge in [0.2, 0.25) is 0 Å². The Morgan fingerprint density at radius 1 is 1.47 bits per heavy atom. The molecule has 2 rings (SSSR count). The molecule has 0 amide bonds. The number of rotatable bonds is 4. The lowest BCUT2D eigenvalue weighted by Gasteiger charge is -2.36. The third-order valence-corrected chi connectivity index (χ3v) is 4.28. The van der Waals surface area contributed by atoms with Crippen molar-refractivity contribution in [2.24, 2.45) is 5.92 Å². The summed E-state index contributed by atoms with van der Waals surface area (Å²) >= 11 is 0. The van der Waals surface area contributed by atoms with Crippen molar-refractivity contribution in [1.82, 2.24) is 10.2 Å². The largest absolute Gasteiger partial charge is 0.480 e. The molecule has 3 atom stereocenters. The van der Waals surface area contributed by atoms with Gasteiger partial charge in [0.15, 0.2) is 0 Å². The van der Waals surface area contributed by atoms with Crippen LogP contribution < -0.4 is 5.32 Å². The summed E-state index contributed by atoms with van der Waals surface area (Å²) in [6, 6.07) is 0.381. The molecular weight excluding hydrogens is 216 g/mol. The SMILES string of the molecule is CCN1CCCCC1CC1CNC(C(=O)O)C1. The van der Waals surface area contributed by atoms with Crippen molar-refractivity contribution in [3.8, 4) is 0 Å². The van der Waals surface area contributed by atoms with Gasteiger partial charge in [-0.3, -0.25) is 4.79 Å². The molecule has 0 radical (unpaired) electrons. The lowest BCUT2D eigenvalue weighted by molar-refractivity contribution is -0.139. The van der Waals surface area contributed by atoms with Gasteiger partial charge in [0.05, 0.1) is 0 Å². The fourth-order valence-electron chi connectivity index (χ4n) is 3.30. The number of carboxylic acid groups (broad SMARTS) is 1. The van der Waals surface area contributed by atoms with Crippen LogP contribution in [-0.4, -0.2) is 47.7 Å². The molecule has 2 aliphatic rings. The maximum atomic E-state index is 10.9. The molecule has 0 spiro atoms. The molecule has 4 nitrogen and oxygen atoms in total. The standard InChI is InChI=1S/C13H24N2O2/c1-2-15-6-4-3-5-11(15)7-10-8-12(13(16)17)14-9-10/h10-12,14H,2-9H2,1H3,(H,16,17). The van der Waals surface area contributed by atoms with E-state index in [2.05, 4.69) is 17.1 Å². The fourth-order valence-corrected chi connectivity index (χ4v) is 3.30. The van der Waals surface area contributed by atoms with E-state index >= 15 is 0 Å². The second-order valence-electron chi connectivity index (χ2n) is 5.41. The highest BCUT2D eigenvalue weighted by Gasteiger charge is 2.32. The minimum absolute atomic E-state index is 0.307. The van der Waals surface area contributed by atoms with E-state index in [1.54, 1.807) is 0 Å². The van der Waals surface area contributed by atoms with Crippen molar-refractivity contribution in [2.75, 3.05) is 19.6 Å². The normalized spacial score (nSPS) is 35.0. The second kappa shape index (κ2) is 5.83. The Bertz CT molecular complexity index is 270. The van der Waals surface area contributed by atoms with Gasteiger partial charge in [-0.15, -0.1) is 0 Å². The van der Waals surface area contributed by atoms with Crippen LogP contribution in [-0.2, 0) is 4.79 Å². The molecular formula is C13H24N2O2. The zero-order valence-corrected chi connectivity index (χ0v) is 10.7. The van der Waals surface area contributed by atoms with Crippen molar-refractivity contribution in [3.63, 3.8) is 0 Å². The number of piperidine rings is 1. The third-order valence-electron chi connectivity index (χ3n) is 4.28. The maximum absolute atomic E-state index is 10.9. The van der Waals surface area contributed by atoms with E-state index in [9.17, 15) is 4.79 Å². The molecule has 0 saturated carbocycles. The van der Waals surface area contributed by atoms with Gasteiger partial charge in [-0.1, -0.05) is 13.3 Å². The summed E-state index contributed by atoms with van der Waals surface area (Å²) in [5.74, 6) is -0.142. The predicted octanol–water partition coefficient (Wildman–Crippen LogP) is 1.31. The summed E-state index contributed by atoms with van der Waals surface area (Å²) < 4.78 is 0. The average Bonchev–Trinajstić information content (AvgIpc) is 2.78. The van der Waals surface area contributed by atoms with Crippen LogP contribution in [0.3, 0.4) is 0 Å². The molecule has 0 aliphatic carbocycles. The van der Waals surface area contributed by atoms with Crippen molar-refractivity contribution in [1.29, 1.82) is 0 Å². The molecule has 2 heterocycles. The van der Waals surface area contributed by atoms with Gasteiger partial charge in [0.1, 0.15) is 6.04 Å². The van der Waals surface area contributed by atoms with Crippen LogP contribution in [0.5, 0.6) is 0 Å². The Labute approximate surface area is 103 Å². The number of aliphatic carboxylic acids is 1. The van der Waals surface area contributed by atoms with Crippen molar-refractivity contribution in [2.45, 2.75) is 51.1 Å². The second-order valence-corrected chi connectivity index (χ2v) is 5.41. The number of hydrogen-bond donors (Lipinski definition) is 2. The summed E-state index contributed by atoms with van der Waals surface area (Å²) in [6.07, 6.45) is 5.94. The predicted molar refractivity (Wildman–Crippen MR) is 67.0 cm³/mol. The smallest absolute Gasteiger partial charge is 0.320 e. The fraction of sp³-hybridized carbons (Fsp3) is 0.923. The van der Waals surface area contributed by atoms with Gasteiger partial charge in [0, 0.05) is 6.04 Å². The minimum atomic E-state index is -0.691. The van der Waals surface area contributed by atoms with E-state index in [4.69, 9.17) is 5.11 Å². The van der Waals surface area contributed by atoms with E-state index in [0.717, 1.165) is 19.5 Å². The van der Waals surface area contributed by atoms with Crippen LogP contribution in [0.2, 0.25) is 0 Å². The molecule has 2 saturated heterocycles. The Morgan fingerprint density at radius 2 is 2.29 bits per heavy atom. The molecule has 98 valence electrons. The first-order valence-corrected chi connectivity index (χ1v) is 6.91. The zero-order valence-electron chi connectivity index (χ0n) is 10.7. The Hall–Kier alpha value is -0.610. The number of nitrogens with zero attached hydrogens (tertiary/aromatic N) is 1. The molecule has 2 N–H and O–H groups in total. The van der Waals surface area contributed by atoms with E-state index in [-0.39, 0.29) is 6.04 Å². The van der Waals surface area contributed by atoms with Crippen LogP contribution in [0.1, 0.15) is 39.0 Å². The zero-order chi connectivity index (χ0) is 12.3. The molecule has 2 aliphatic heterocycles. The first-order chi connectivity index (χ1) is 8.20. The van der Waals surface area contributed by atoms with Gasteiger partial charge in [-0.2, -0.15) is 0 Å². The molecule has 2 fully saturated rings. The minimum Gasteiger partial charge on any atom is -0.480 e. The first-order valence-electron chi connectivity index (χ1n) is 6.91. The van der Waals surface area contributed by atoms with Gasteiger partial charge < -0.3 is 15.3 Å². The summed E-state index contributed by atoms with van der Waals surface area (Å²) in [5.41, 5.74) is 0. The lowest BCUT2D eigenvalue weighted by atomic mass is 9.91. The average molecular weight is 240 g/mol. The molecule has 17 heavy (non-hydrogen) atoms. The van der Waals surface area contributed by atoms with Crippen molar-refractivity contribution >= 4 is 5.97 Å². The van der Waals surface area contributed by atoms with E-state index in [0.29, 0.717) is 12.0 Å². The maximum Gasteiger partial charge on any atom is 0.320 e. The van der Waals surface area contributed by atoms with Crippen LogP contribution in [0, 0.1) is 5.92 Å². The van der Waals surface area contributed by atoms with Gasteiger partial charge in [-0.05, 0) is 51.2 Å². The summed E-state index contributed by atoms with van der Waals surface area (Å²) in [4.78, 5) is 13.5. The molecule has 4 heteroatoms. The van der Waals surface area contributed by atoms with E-state index in [1.165, 1.54) is 32.2 Å². The Balaban J connectivity index is 1.82. The highest BCUT2D eigenvalue weighted by molar-refractivity contribution is 5.73. The van der Waals surface area contributed by atoms with E-state index in [1.807, 2.05) is 0 Å². The van der Waals surface area contributed by atoms with Gasteiger partial charge in [-0.25, -0.2) is 0 Å². The first kappa shape index (κ1) is 12.8. The quantitative estimate of drug-likeness (QED) is 0.778. The number of likely N-dealkylation sites (tertiary alicyclic amines) is 1. The van der Waals surface area contributed by atoms with Crippen molar-refractivity contribution < 1.29 is 9.90 Å². The molecule has 3 unspecified atom stereocenters. The number of hydrogen-bond acceptors (Lipinski definition) is 3. The molecule has 0 bridgehead atoms. The summed E-state index contributed by atoms with van der Waals surface area (Å²) in [5, 5.41) is 12.1. The summed E-state index contributed by atoms with van der Waals surface area (Å²) in [6.45, 7) is 5.47. The monoisotopic (exact) mass is 240 g/mol. The Morgan fingerprint density at radius 3 is 2.94 bits per heavy atom. The van der Waals surface area contributed by atoms with Crippen LogP contribution in [0.4, 0.5) is 0 Å². The van der Waals surface area contributed by atoms with Crippen LogP contribution in [0.15, 0.2) is 0 Å².